The molecule has 0 atom stereocenters. The number of para-hydroxylation sites is 1. The maximum Gasteiger partial charge on any atom is 0.283 e. The van der Waals surface area contributed by atoms with Crippen molar-refractivity contribution in [2.45, 2.75) is 6.54 Å². The van der Waals surface area contributed by atoms with Crippen molar-refractivity contribution in [2.75, 3.05) is 13.2 Å². The third-order valence-electron chi connectivity index (χ3n) is 3.57. The number of hydrogen-bond donors (Lipinski definition) is 0. The number of rotatable bonds is 2. The van der Waals surface area contributed by atoms with Crippen LogP contribution in [0.4, 0.5) is 0 Å². The van der Waals surface area contributed by atoms with E-state index < -0.39 is 0 Å². The average molecular weight is 299 g/mol. The van der Waals surface area contributed by atoms with Gasteiger partial charge >= 0.3 is 0 Å². The van der Waals surface area contributed by atoms with Gasteiger partial charge in [-0.3, -0.25) is 9.36 Å². The lowest BCUT2D eigenvalue weighted by Crippen LogP contribution is -2.23. The van der Waals surface area contributed by atoms with Crippen molar-refractivity contribution in [1.29, 1.82) is 0 Å². The summed E-state index contributed by atoms with van der Waals surface area (Å²) in [6.07, 6.45) is 1.50. The quantitative estimate of drug-likeness (QED) is 0.678. The van der Waals surface area contributed by atoms with Crippen molar-refractivity contribution in [3.63, 3.8) is 0 Å². The molecule has 3 heterocycles. The zero-order chi connectivity index (χ0) is 15.1. The number of nitrogens with zero attached hydrogens (tertiary/aromatic N) is 5. The number of hydrogen-bond acceptors (Lipinski definition) is 6. The number of benzene rings is 1. The van der Waals surface area contributed by atoms with Crippen molar-refractivity contribution < 1.29 is 9.47 Å². The van der Waals surface area contributed by atoms with Crippen molar-refractivity contribution in [3.05, 3.63) is 40.4 Å². The van der Waals surface area contributed by atoms with Crippen LogP contribution in [0.2, 0.25) is 0 Å². The highest BCUT2D eigenvalue weighted by Crippen LogP contribution is 2.33. The number of fused-ring (bicyclic) bond motifs is 2. The lowest BCUT2D eigenvalue weighted by Gasteiger charge is -2.21. The van der Waals surface area contributed by atoms with Gasteiger partial charge in [0.15, 0.2) is 22.7 Å². The van der Waals surface area contributed by atoms with Gasteiger partial charge in [0.05, 0.1) is 6.54 Å². The first-order valence-electron chi connectivity index (χ1n) is 6.86. The molecule has 8 nitrogen and oxygen atoms in total. The fraction of sp³-hybridized carbons (Fsp3) is 0.286. The Balaban J connectivity index is 1.78. The Kier molecular flexibility index (Phi) is 2.81. The lowest BCUT2D eigenvalue weighted by atomic mass is 10.1. The van der Waals surface area contributed by atoms with E-state index in [-0.39, 0.29) is 11.1 Å². The standard InChI is InChI=1S/C14H13N5O3/c1-18-13-11(16-17-18)14(20)19(8-15-13)7-9-3-2-4-10-12(9)22-6-5-21-10/h2-4,8H,5-7H2,1H3. The molecule has 3 aromatic rings. The highest BCUT2D eigenvalue weighted by Gasteiger charge is 2.17. The molecule has 2 aromatic heterocycles. The van der Waals surface area contributed by atoms with Gasteiger partial charge in [0.1, 0.15) is 19.5 Å². The van der Waals surface area contributed by atoms with Crippen molar-refractivity contribution in [3.8, 4) is 11.5 Å². The van der Waals surface area contributed by atoms with Gasteiger partial charge in [-0.1, -0.05) is 17.3 Å². The van der Waals surface area contributed by atoms with Crippen LogP contribution in [0.1, 0.15) is 5.56 Å². The normalized spacial score (nSPS) is 13.5. The second kappa shape index (κ2) is 4.83. The summed E-state index contributed by atoms with van der Waals surface area (Å²) in [7, 11) is 1.70. The van der Waals surface area contributed by atoms with Gasteiger partial charge < -0.3 is 9.47 Å². The fourth-order valence-corrected chi connectivity index (χ4v) is 2.50. The van der Waals surface area contributed by atoms with Crippen LogP contribution < -0.4 is 15.0 Å². The van der Waals surface area contributed by atoms with Crippen LogP contribution in [0.25, 0.3) is 11.2 Å². The van der Waals surface area contributed by atoms with Crippen LogP contribution in [-0.4, -0.2) is 37.8 Å². The summed E-state index contributed by atoms with van der Waals surface area (Å²) in [5.74, 6) is 1.38. The van der Waals surface area contributed by atoms with Gasteiger partial charge in [0, 0.05) is 12.6 Å². The Bertz CT molecular complexity index is 914. The summed E-state index contributed by atoms with van der Waals surface area (Å²) in [5, 5.41) is 7.69. The van der Waals surface area contributed by atoms with Crippen LogP contribution in [0.5, 0.6) is 11.5 Å². The molecule has 112 valence electrons. The molecule has 0 radical (unpaired) electrons. The van der Waals surface area contributed by atoms with E-state index in [0.29, 0.717) is 36.9 Å². The molecule has 0 amide bonds. The summed E-state index contributed by atoms with van der Waals surface area (Å²) >= 11 is 0. The SMILES string of the molecule is Cn1nnc2c(=O)n(Cc3cccc4c3OCCO4)cnc21. The highest BCUT2D eigenvalue weighted by atomic mass is 16.6. The Labute approximate surface area is 124 Å². The van der Waals surface area contributed by atoms with Crippen LogP contribution in [0.3, 0.4) is 0 Å². The molecule has 0 spiro atoms. The Morgan fingerprint density at radius 1 is 1.27 bits per heavy atom. The molecule has 0 aliphatic carbocycles. The maximum absolute atomic E-state index is 12.4. The van der Waals surface area contributed by atoms with E-state index in [0.717, 1.165) is 5.56 Å². The molecule has 1 aromatic carbocycles. The van der Waals surface area contributed by atoms with Crippen molar-refractivity contribution in [1.82, 2.24) is 24.5 Å². The smallest absolute Gasteiger partial charge is 0.283 e. The van der Waals surface area contributed by atoms with Gasteiger partial charge in [0.2, 0.25) is 0 Å². The third-order valence-corrected chi connectivity index (χ3v) is 3.57. The van der Waals surface area contributed by atoms with E-state index in [9.17, 15) is 4.79 Å². The van der Waals surface area contributed by atoms with E-state index in [1.54, 1.807) is 7.05 Å². The first-order chi connectivity index (χ1) is 10.7. The molecule has 0 saturated heterocycles. The van der Waals surface area contributed by atoms with Gasteiger partial charge in [-0.25, -0.2) is 9.67 Å². The molecule has 0 N–H and O–H groups in total. The fourth-order valence-electron chi connectivity index (χ4n) is 2.50. The second-order valence-electron chi connectivity index (χ2n) is 5.00. The van der Waals surface area contributed by atoms with Gasteiger partial charge in [0.25, 0.3) is 5.56 Å². The largest absolute Gasteiger partial charge is 0.486 e. The minimum atomic E-state index is -0.229. The first-order valence-corrected chi connectivity index (χ1v) is 6.86. The van der Waals surface area contributed by atoms with E-state index in [1.165, 1.54) is 15.6 Å². The van der Waals surface area contributed by atoms with Gasteiger partial charge in [-0.05, 0) is 6.07 Å². The molecule has 0 bridgehead atoms. The number of aryl methyl sites for hydroxylation is 1. The molecular weight excluding hydrogens is 286 g/mol. The van der Waals surface area contributed by atoms with Gasteiger partial charge in [-0.2, -0.15) is 0 Å². The number of aromatic nitrogens is 5. The zero-order valence-corrected chi connectivity index (χ0v) is 11.9. The topological polar surface area (TPSA) is 84.1 Å². The average Bonchev–Trinajstić information content (AvgIpc) is 2.92. The van der Waals surface area contributed by atoms with E-state index in [2.05, 4.69) is 15.3 Å². The van der Waals surface area contributed by atoms with Crippen LogP contribution in [-0.2, 0) is 13.6 Å². The summed E-state index contributed by atoms with van der Waals surface area (Å²) in [5.41, 5.74) is 1.36. The Morgan fingerprint density at radius 3 is 3.05 bits per heavy atom. The predicted octanol–water partition coefficient (Wildman–Crippen LogP) is 0.344. The van der Waals surface area contributed by atoms with Crippen LogP contribution >= 0.6 is 0 Å². The first kappa shape index (κ1) is 12.8. The van der Waals surface area contributed by atoms with Crippen LogP contribution in [0, 0.1) is 0 Å². The lowest BCUT2D eigenvalue weighted by molar-refractivity contribution is 0.169. The summed E-state index contributed by atoms with van der Waals surface area (Å²) < 4.78 is 14.2. The Hall–Kier alpha value is -2.90. The summed E-state index contributed by atoms with van der Waals surface area (Å²) in [4.78, 5) is 16.7. The molecule has 4 rings (SSSR count). The monoisotopic (exact) mass is 299 g/mol. The van der Waals surface area contributed by atoms with Crippen LogP contribution in [0.15, 0.2) is 29.3 Å². The van der Waals surface area contributed by atoms with E-state index >= 15 is 0 Å². The van der Waals surface area contributed by atoms with E-state index in [4.69, 9.17) is 9.47 Å². The van der Waals surface area contributed by atoms with E-state index in [1.807, 2.05) is 18.2 Å². The molecule has 0 unspecified atom stereocenters. The van der Waals surface area contributed by atoms with Crippen molar-refractivity contribution >= 4 is 11.2 Å². The zero-order valence-electron chi connectivity index (χ0n) is 11.9. The highest BCUT2D eigenvalue weighted by molar-refractivity contribution is 5.67. The third kappa shape index (κ3) is 1.92. The van der Waals surface area contributed by atoms with Crippen molar-refractivity contribution in [2.24, 2.45) is 7.05 Å². The summed E-state index contributed by atoms with van der Waals surface area (Å²) in [6, 6.07) is 5.63. The minimum absolute atomic E-state index is 0.229. The molecule has 0 saturated carbocycles. The second-order valence-corrected chi connectivity index (χ2v) is 5.00. The molecule has 8 heteroatoms. The summed E-state index contributed by atoms with van der Waals surface area (Å²) in [6.45, 7) is 1.37. The molecule has 1 aliphatic rings. The minimum Gasteiger partial charge on any atom is -0.486 e. The van der Waals surface area contributed by atoms with Gasteiger partial charge in [-0.15, -0.1) is 5.10 Å². The molecule has 1 aliphatic heterocycles. The predicted molar refractivity (Wildman–Crippen MR) is 77.1 cm³/mol. The Morgan fingerprint density at radius 2 is 2.14 bits per heavy atom. The molecule has 22 heavy (non-hydrogen) atoms. The molecular formula is C14H13N5O3. The molecule has 0 fully saturated rings. The number of ether oxygens (including phenoxy) is 2. The maximum atomic E-state index is 12.4.